The van der Waals surface area contributed by atoms with Gasteiger partial charge in [0.2, 0.25) is 6.29 Å². The number of carboxylic acids is 1. The predicted octanol–water partition coefficient (Wildman–Crippen LogP) is 0.142. The Hall–Kier alpha value is -3.64. The molecule has 32 heavy (non-hydrogen) atoms. The van der Waals surface area contributed by atoms with Gasteiger partial charge in [0.15, 0.2) is 11.5 Å². The molecule has 5 atom stereocenters. The standard InChI is InChI=1S/C21H18O11/c22-9-3-1-8(2-4-9)13-7-12(24)15-11(23)5-10(6-14(15)31-13)30-21-18(27)16(25)17(26)19(32-21)20(28)29/h1-7,16-19,21-23,25-27H,(H,28,29)/t16-,17+,18?,19?,21+/m0/s1. The number of aliphatic hydroxyl groups excluding tert-OH is 3. The van der Waals surface area contributed by atoms with Crippen LogP contribution in [0.3, 0.4) is 0 Å². The van der Waals surface area contributed by atoms with Crippen molar-refractivity contribution in [3.05, 3.63) is 52.7 Å². The molecule has 1 saturated heterocycles. The van der Waals surface area contributed by atoms with Gasteiger partial charge in [-0.05, 0) is 24.3 Å². The number of fused-ring (bicyclic) bond motifs is 1. The van der Waals surface area contributed by atoms with Gasteiger partial charge in [-0.15, -0.1) is 0 Å². The van der Waals surface area contributed by atoms with E-state index in [9.17, 15) is 35.1 Å². The number of aliphatic hydroxyl groups is 3. The minimum absolute atomic E-state index is 0.0169. The van der Waals surface area contributed by atoms with Crippen molar-refractivity contribution >= 4 is 16.9 Å². The number of rotatable bonds is 4. The molecule has 0 aliphatic carbocycles. The van der Waals surface area contributed by atoms with Crippen molar-refractivity contribution < 1.29 is 49.3 Å². The molecule has 2 unspecified atom stereocenters. The molecule has 0 radical (unpaired) electrons. The van der Waals surface area contributed by atoms with E-state index in [1.165, 1.54) is 30.3 Å². The van der Waals surface area contributed by atoms with Gasteiger partial charge >= 0.3 is 5.97 Å². The van der Waals surface area contributed by atoms with Gasteiger partial charge in [0, 0.05) is 23.8 Å². The molecular formula is C21H18O11. The molecule has 0 saturated carbocycles. The quantitative estimate of drug-likeness (QED) is 0.320. The van der Waals surface area contributed by atoms with Gasteiger partial charge in [0.05, 0.1) is 0 Å². The van der Waals surface area contributed by atoms with Crippen LogP contribution >= 0.6 is 0 Å². The zero-order chi connectivity index (χ0) is 23.2. The average Bonchev–Trinajstić information content (AvgIpc) is 2.73. The first kappa shape index (κ1) is 21.6. The van der Waals surface area contributed by atoms with Crippen molar-refractivity contribution in [3.8, 4) is 28.6 Å². The highest BCUT2D eigenvalue weighted by Gasteiger charge is 2.48. The number of aromatic hydroxyl groups is 2. The fraction of sp³-hybridized carbons (Fsp3) is 0.238. The highest BCUT2D eigenvalue weighted by molar-refractivity contribution is 5.86. The number of ether oxygens (including phenoxy) is 2. The smallest absolute Gasteiger partial charge is 0.335 e. The highest BCUT2D eigenvalue weighted by Crippen LogP contribution is 2.33. The van der Waals surface area contributed by atoms with Crippen LogP contribution in [0.2, 0.25) is 0 Å². The Kier molecular flexibility index (Phi) is 5.48. The number of benzene rings is 2. The summed E-state index contributed by atoms with van der Waals surface area (Å²) in [6, 6.07) is 9.24. The molecule has 0 bridgehead atoms. The van der Waals surface area contributed by atoms with Crippen molar-refractivity contribution in [1.29, 1.82) is 0 Å². The van der Waals surface area contributed by atoms with E-state index in [0.717, 1.165) is 12.1 Å². The second-order valence-corrected chi connectivity index (χ2v) is 7.19. The third-order valence-corrected chi connectivity index (χ3v) is 5.00. The summed E-state index contributed by atoms with van der Waals surface area (Å²) in [7, 11) is 0. The molecule has 2 heterocycles. The minimum atomic E-state index is -1.89. The van der Waals surface area contributed by atoms with Crippen molar-refractivity contribution in [2.45, 2.75) is 30.7 Å². The third kappa shape index (κ3) is 3.85. The molecular weight excluding hydrogens is 428 g/mol. The fourth-order valence-electron chi connectivity index (χ4n) is 3.36. The topological polar surface area (TPSA) is 187 Å². The molecule has 0 amide bonds. The molecule has 11 heteroatoms. The number of carboxylic acid groups (broad SMARTS) is 1. The summed E-state index contributed by atoms with van der Waals surface area (Å²) in [6.07, 6.45) is -9.15. The molecule has 3 aromatic rings. The van der Waals surface area contributed by atoms with E-state index in [1.54, 1.807) is 0 Å². The molecule has 1 fully saturated rings. The molecule has 168 valence electrons. The van der Waals surface area contributed by atoms with Gasteiger partial charge in [-0.3, -0.25) is 4.79 Å². The summed E-state index contributed by atoms with van der Waals surface area (Å²) in [5.74, 6) is -2.11. The third-order valence-electron chi connectivity index (χ3n) is 5.00. The number of phenolic OH excluding ortho intramolecular Hbond substituents is 2. The Morgan fingerprint density at radius 2 is 1.62 bits per heavy atom. The Balaban J connectivity index is 1.71. The first-order valence-electron chi connectivity index (χ1n) is 9.35. The SMILES string of the molecule is O=C(O)C1O[C@@H](Oc2cc(O)c3c(=O)cc(-c4ccc(O)cc4)oc3c2)C(O)[C@@H](O)[C@H]1O. The van der Waals surface area contributed by atoms with Gasteiger partial charge in [-0.1, -0.05) is 0 Å². The zero-order valence-electron chi connectivity index (χ0n) is 16.2. The zero-order valence-corrected chi connectivity index (χ0v) is 16.2. The summed E-state index contributed by atoms with van der Waals surface area (Å²) in [4.78, 5) is 23.7. The molecule has 0 spiro atoms. The van der Waals surface area contributed by atoms with Crippen LogP contribution < -0.4 is 10.2 Å². The summed E-state index contributed by atoms with van der Waals surface area (Å²) in [5.41, 5.74) is -0.173. The van der Waals surface area contributed by atoms with Gasteiger partial charge < -0.3 is 44.5 Å². The van der Waals surface area contributed by atoms with Crippen LogP contribution in [0.5, 0.6) is 17.2 Å². The van der Waals surface area contributed by atoms with Gasteiger partial charge in [-0.25, -0.2) is 4.79 Å². The largest absolute Gasteiger partial charge is 0.508 e. The van der Waals surface area contributed by atoms with Crippen molar-refractivity contribution in [2.24, 2.45) is 0 Å². The highest BCUT2D eigenvalue weighted by atomic mass is 16.7. The monoisotopic (exact) mass is 446 g/mol. The summed E-state index contributed by atoms with van der Waals surface area (Å²) >= 11 is 0. The van der Waals surface area contributed by atoms with Crippen molar-refractivity contribution in [1.82, 2.24) is 0 Å². The lowest BCUT2D eigenvalue weighted by molar-refractivity contribution is -0.271. The molecule has 4 rings (SSSR count). The van der Waals surface area contributed by atoms with Gasteiger partial charge in [-0.2, -0.15) is 0 Å². The lowest BCUT2D eigenvalue weighted by atomic mass is 9.99. The molecule has 6 N–H and O–H groups in total. The summed E-state index contributed by atoms with van der Waals surface area (Å²) in [5, 5.41) is 58.5. The van der Waals surface area contributed by atoms with E-state index in [4.69, 9.17) is 19.0 Å². The van der Waals surface area contributed by atoms with Gasteiger partial charge in [0.1, 0.15) is 52.3 Å². The second-order valence-electron chi connectivity index (χ2n) is 7.19. The first-order valence-corrected chi connectivity index (χ1v) is 9.35. The van der Waals surface area contributed by atoms with E-state index in [2.05, 4.69) is 0 Å². The van der Waals surface area contributed by atoms with Crippen molar-refractivity contribution in [2.75, 3.05) is 0 Å². The van der Waals surface area contributed by atoms with Crippen LogP contribution in [0.4, 0.5) is 0 Å². The Labute approximate surface area is 178 Å². The maximum atomic E-state index is 12.5. The van der Waals surface area contributed by atoms with Crippen LogP contribution in [0, 0.1) is 0 Å². The second kappa shape index (κ2) is 8.13. The number of hydrogen-bond donors (Lipinski definition) is 6. The number of hydrogen-bond acceptors (Lipinski definition) is 10. The number of aliphatic carboxylic acids is 1. The number of carbonyl (C=O) groups is 1. The molecule has 1 aromatic heterocycles. The summed E-state index contributed by atoms with van der Waals surface area (Å²) < 4.78 is 16.1. The first-order chi connectivity index (χ1) is 15.2. The van der Waals surface area contributed by atoms with Crippen LogP contribution in [-0.2, 0) is 9.53 Å². The Bertz CT molecular complexity index is 1220. The lowest BCUT2D eigenvalue weighted by Crippen LogP contribution is -2.61. The Morgan fingerprint density at radius 3 is 2.28 bits per heavy atom. The average molecular weight is 446 g/mol. The molecule has 2 aromatic carbocycles. The van der Waals surface area contributed by atoms with E-state index < -0.39 is 47.9 Å². The van der Waals surface area contributed by atoms with E-state index >= 15 is 0 Å². The maximum absolute atomic E-state index is 12.5. The molecule has 1 aliphatic heterocycles. The molecule has 1 aliphatic rings. The number of phenols is 2. The molecule has 11 nitrogen and oxygen atoms in total. The lowest BCUT2D eigenvalue weighted by Gasteiger charge is -2.38. The fourth-order valence-corrected chi connectivity index (χ4v) is 3.36. The van der Waals surface area contributed by atoms with Gasteiger partial charge in [0.25, 0.3) is 0 Å². The van der Waals surface area contributed by atoms with Crippen LogP contribution in [0.25, 0.3) is 22.3 Å². The van der Waals surface area contributed by atoms with Crippen molar-refractivity contribution in [3.63, 3.8) is 0 Å². The maximum Gasteiger partial charge on any atom is 0.335 e. The predicted molar refractivity (Wildman–Crippen MR) is 106 cm³/mol. The van der Waals surface area contributed by atoms with E-state index in [-0.39, 0.29) is 28.2 Å². The van der Waals surface area contributed by atoms with E-state index in [0.29, 0.717) is 5.56 Å². The minimum Gasteiger partial charge on any atom is -0.508 e. The van der Waals surface area contributed by atoms with Crippen LogP contribution in [0.15, 0.2) is 51.7 Å². The Morgan fingerprint density at radius 1 is 0.938 bits per heavy atom. The summed E-state index contributed by atoms with van der Waals surface area (Å²) in [6.45, 7) is 0. The van der Waals surface area contributed by atoms with Crippen LogP contribution in [0.1, 0.15) is 0 Å². The van der Waals surface area contributed by atoms with E-state index in [1.807, 2.05) is 0 Å². The normalized spacial score (nSPS) is 25.5. The van der Waals surface area contributed by atoms with Crippen LogP contribution in [-0.4, -0.2) is 67.3 Å².